The molecule has 0 aliphatic rings. The van der Waals surface area contributed by atoms with Gasteiger partial charge in [0, 0.05) is 0 Å². The molecular weight excluding hydrogens is 360 g/mol. The largest absolute Gasteiger partial charge is 0.494 e. The summed E-state index contributed by atoms with van der Waals surface area (Å²) in [7, 11) is 0. The molecule has 3 aromatic rings. The Morgan fingerprint density at radius 1 is 1.19 bits per heavy atom. The Morgan fingerprint density at radius 2 is 2.00 bits per heavy atom. The van der Waals surface area contributed by atoms with Gasteiger partial charge in [0.25, 0.3) is 5.91 Å². The van der Waals surface area contributed by atoms with E-state index in [0.717, 1.165) is 27.3 Å². The monoisotopic (exact) mass is 384 g/mol. The highest BCUT2D eigenvalue weighted by molar-refractivity contribution is 7.22. The molecule has 0 unspecified atom stereocenters. The third-order valence-corrected chi connectivity index (χ3v) is 5.09. The second-order valence-electron chi connectivity index (χ2n) is 6.60. The molecule has 1 heterocycles. The van der Waals surface area contributed by atoms with E-state index in [0.29, 0.717) is 17.7 Å². The van der Waals surface area contributed by atoms with Crippen LogP contribution in [0, 0.1) is 6.92 Å². The molecule has 1 amide bonds. The van der Waals surface area contributed by atoms with Gasteiger partial charge in [-0.15, -0.1) is 0 Å². The van der Waals surface area contributed by atoms with E-state index in [1.165, 1.54) is 16.9 Å². The molecule has 0 radical (unpaired) electrons. The number of amides is 1. The van der Waals surface area contributed by atoms with Crippen LogP contribution in [0.5, 0.6) is 11.5 Å². The van der Waals surface area contributed by atoms with Crippen molar-refractivity contribution in [1.82, 2.24) is 4.98 Å². The first-order chi connectivity index (χ1) is 13.0. The summed E-state index contributed by atoms with van der Waals surface area (Å²) >= 11 is 1.42. The predicted octanol–water partition coefficient (Wildman–Crippen LogP) is 5.14. The number of thiazole rings is 1. The van der Waals surface area contributed by atoms with Crippen molar-refractivity contribution in [1.29, 1.82) is 0 Å². The van der Waals surface area contributed by atoms with Crippen molar-refractivity contribution in [3.05, 3.63) is 47.5 Å². The van der Waals surface area contributed by atoms with Gasteiger partial charge in [0.2, 0.25) is 0 Å². The van der Waals surface area contributed by atoms with Crippen LogP contribution in [0.4, 0.5) is 5.13 Å². The Labute approximate surface area is 163 Å². The second-order valence-corrected chi connectivity index (χ2v) is 7.63. The lowest BCUT2D eigenvalue weighted by atomic mass is 10.0. The van der Waals surface area contributed by atoms with E-state index in [1.54, 1.807) is 0 Å². The number of hydrogen-bond acceptors (Lipinski definition) is 5. The van der Waals surface area contributed by atoms with Gasteiger partial charge in [0.1, 0.15) is 11.5 Å². The molecule has 5 nitrogen and oxygen atoms in total. The van der Waals surface area contributed by atoms with Crippen molar-refractivity contribution in [2.24, 2.45) is 0 Å². The van der Waals surface area contributed by atoms with E-state index in [1.807, 2.05) is 44.2 Å². The molecule has 2 aromatic carbocycles. The molecule has 0 fully saturated rings. The first-order valence-corrected chi connectivity index (χ1v) is 9.84. The molecule has 0 saturated heterocycles. The summed E-state index contributed by atoms with van der Waals surface area (Å²) in [6.45, 7) is 8.74. The van der Waals surface area contributed by atoms with Gasteiger partial charge in [-0.3, -0.25) is 10.1 Å². The standard InChI is InChI=1S/C21H24N2O3S/c1-5-25-16-8-9-17-19(11-16)27-21(22-17)23-20(24)12-26-18-10-15(13(2)3)7-6-14(18)4/h6-11,13H,5,12H2,1-4H3,(H,22,23,24). The van der Waals surface area contributed by atoms with Gasteiger partial charge >= 0.3 is 0 Å². The molecular formula is C21H24N2O3S. The summed E-state index contributed by atoms with van der Waals surface area (Å²) in [5.41, 5.74) is 3.03. The number of aromatic nitrogens is 1. The van der Waals surface area contributed by atoms with Crippen molar-refractivity contribution in [2.75, 3.05) is 18.5 Å². The summed E-state index contributed by atoms with van der Waals surface area (Å²) in [6, 6.07) is 11.8. The third-order valence-electron chi connectivity index (χ3n) is 4.15. The molecule has 27 heavy (non-hydrogen) atoms. The smallest absolute Gasteiger partial charge is 0.264 e. The van der Waals surface area contributed by atoms with Crippen molar-refractivity contribution in [3.8, 4) is 11.5 Å². The van der Waals surface area contributed by atoms with Crippen LogP contribution >= 0.6 is 11.3 Å². The van der Waals surface area contributed by atoms with Crippen LogP contribution < -0.4 is 14.8 Å². The number of benzene rings is 2. The molecule has 142 valence electrons. The lowest BCUT2D eigenvalue weighted by molar-refractivity contribution is -0.118. The normalized spacial score (nSPS) is 11.0. The van der Waals surface area contributed by atoms with Gasteiger partial charge in [0.05, 0.1) is 16.8 Å². The first kappa shape index (κ1) is 19.2. The molecule has 0 bridgehead atoms. The SMILES string of the molecule is CCOc1ccc2nc(NC(=O)COc3cc(C(C)C)ccc3C)sc2c1. The van der Waals surface area contributed by atoms with Crippen LogP contribution in [0.25, 0.3) is 10.2 Å². The summed E-state index contributed by atoms with van der Waals surface area (Å²) < 4.78 is 12.2. The second kappa shape index (κ2) is 8.39. The zero-order chi connectivity index (χ0) is 19.4. The molecule has 0 spiro atoms. The maximum Gasteiger partial charge on any atom is 0.264 e. The number of hydrogen-bond donors (Lipinski definition) is 1. The van der Waals surface area contributed by atoms with Gasteiger partial charge in [-0.25, -0.2) is 4.98 Å². The zero-order valence-corrected chi connectivity index (χ0v) is 16.9. The fourth-order valence-corrected chi connectivity index (χ4v) is 3.56. The number of ether oxygens (including phenoxy) is 2. The summed E-state index contributed by atoms with van der Waals surface area (Å²) in [5, 5.41) is 3.37. The van der Waals surface area contributed by atoms with E-state index in [4.69, 9.17) is 9.47 Å². The molecule has 3 rings (SSSR count). The van der Waals surface area contributed by atoms with Crippen LogP contribution in [0.15, 0.2) is 36.4 Å². The average Bonchev–Trinajstić information content (AvgIpc) is 3.02. The van der Waals surface area contributed by atoms with Gasteiger partial charge in [0.15, 0.2) is 11.7 Å². The minimum absolute atomic E-state index is 0.0531. The van der Waals surface area contributed by atoms with Crippen molar-refractivity contribution in [2.45, 2.75) is 33.6 Å². The molecule has 0 saturated carbocycles. The number of fused-ring (bicyclic) bond motifs is 1. The van der Waals surface area contributed by atoms with Crippen LogP contribution in [0.2, 0.25) is 0 Å². The number of nitrogens with one attached hydrogen (secondary N) is 1. The fraction of sp³-hybridized carbons (Fsp3) is 0.333. The quantitative estimate of drug-likeness (QED) is 0.612. The topological polar surface area (TPSA) is 60.5 Å². The number of carbonyl (C=O) groups excluding carboxylic acids is 1. The Hall–Kier alpha value is -2.60. The van der Waals surface area contributed by atoms with Crippen LogP contribution in [0.3, 0.4) is 0 Å². The summed E-state index contributed by atoms with van der Waals surface area (Å²) in [5.74, 6) is 1.72. The molecule has 0 aliphatic heterocycles. The molecule has 1 N–H and O–H groups in total. The van der Waals surface area contributed by atoms with E-state index in [-0.39, 0.29) is 12.5 Å². The molecule has 1 aromatic heterocycles. The number of nitrogens with zero attached hydrogens (tertiary/aromatic N) is 1. The third kappa shape index (κ3) is 4.77. The number of rotatable bonds is 7. The highest BCUT2D eigenvalue weighted by atomic mass is 32.1. The average molecular weight is 385 g/mol. The van der Waals surface area contributed by atoms with E-state index >= 15 is 0 Å². The van der Waals surface area contributed by atoms with Gasteiger partial charge in [-0.2, -0.15) is 0 Å². The Morgan fingerprint density at radius 3 is 2.74 bits per heavy atom. The molecule has 0 aliphatic carbocycles. The van der Waals surface area contributed by atoms with Gasteiger partial charge in [-0.05, 0) is 55.2 Å². The molecule has 6 heteroatoms. The highest BCUT2D eigenvalue weighted by Gasteiger charge is 2.11. The maximum atomic E-state index is 12.3. The van der Waals surface area contributed by atoms with Gasteiger partial charge < -0.3 is 9.47 Å². The maximum absolute atomic E-state index is 12.3. The van der Waals surface area contributed by atoms with Crippen molar-refractivity contribution in [3.63, 3.8) is 0 Å². The van der Waals surface area contributed by atoms with Crippen LogP contribution in [-0.4, -0.2) is 24.1 Å². The predicted molar refractivity (Wildman–Crippen MR) is 110 cm³/mol. The lowest BCUT2D eigenvalue weighted by Crippen LogP contribution is -2.20. The highest BCUT2D eigenvalue weighted by Crippen LogP contribution is 2.29. The Bertz CT molecular complexity index is 950. The van der Waals surface area contributed by atoms with Crippen molar-refractivity contribution < 1.29 is 14.3 Å². The first-order valence-electron chi connectivity index (χ1n) is 9.03. The minimum Gasteiger partial charge on any atom is -0.494 e. The fourth-order valence-electron chi connectivity index (χ4n) is 2.64. The van der Waals surface area contributed by atoms with Crippen LogP contribution in [0.1, 0.15) is 37.8 Å². The van der Waals surface area contributed by atoms with Gasteiger partial charge in [-0.1, -0.05) is 37.3 Å². The molecule has 0 atom stereocenters. The number of anilines is 1. The van der Waals surface area contributed by atoms with E-state index < -0.39 is 0 Å². The van der Waals surface area contributed by atoms with Crippen LogP contribution in [-0.2, 0) is 4.79 Å². The van der Waals surface area contributed by atoms with Crippen molar-refractivity contribution >= 4 is 32.6 Å². The summed E-state index contributed by atoms with van der Waals surface area (Å²) in [6.07, 6.45) is 0. The Balaban J connectivity index is 1.64. The lowest BCUT2D eigenvalue weighted by Gasteiger charge is -2.12. The summed E-state index contributed by atoms with van der Waals surface area (Å²) in [4.78, 5) is 16.7. The number of aryl methyl sites for hydroxylation is 1. The minimum atomic E-state index is -0.228. The van der Waals surface area contributed by atoms with E-state index in [2.05, 4.69) is 30.2 Å². The number of carbonyl (C=O) groups is 1. The Kier molecular flexibility index (Phi) is 5.96. The zero-order valence-electron chi connectivity index (χ0n) is 16.0. The van der Waals surface area contributed by atoms with E-state index in [9.17, 15) is 4.79 Å².